The van der Waals surface area contributed by atoms with Crippen LogP contribution in [0.5, 0.6) is 5.75 Å². The molecule has 0 spiro atoms. The van der Waals surface area contributed by atoms with Crippen molar-refractivity contribution in [2.45, 2.75) is 0 Å². The summed E-state index contributed by atoms with van der Waals surface area (Å²) in [6.07, 6.45) is 1.54. The Kier molecular flexibility index (Phi) is 3.43. The van der Waals surface area contributed by atoms with Crippen LogP contribution in [0, 0.1) is 0 Å². The number of nitrogens with two attached hydrogens (primary N) is 1. The van der Waals surface area contributed by atoms with E-state index in [4.69, 9.17) is 10.5 Å². The average molecular weight is 243 g/mol. The maximum absolute atomic E-state index is 10.5. The lowest BCUT2D eigenvalue weighted by Gasteiger charge is -2.07. The normalized spacial score (nSPS) is 10.7. The Hall–Kier alpha value is -2.56. The number of ether oxygens (including phenoxy) is 1. The molecule has 2 aromatic rings. The summed E-state index contributed by atoms with van der Waals surface area (Å²) in [6.45, 7) is 0. The van der Waals surface area contributed by atoms with Crippen molar-refractivity contribution in [1.82, 2.24) is 5.43 Å². The molecule has 0 aliphatic rings. The Labute approximate surface area is 104 Å². The first-order valence-corrected chi connectivity index (χ1v) is 5.36. The number of primary amides is 1. The van der Waals surface area contributed by atoms with Gasteiger partial charge < -0.3 is 10.5 Å². The molecule has 0 radical (unpaired) electrons. The van der Waals surface area contributed by atoms with Crippen LogP contribution in [0.3, 0.4) is 0 Å². The quantitative estimate of drug-likeness (QED) is 0.637. The molecule has 0 aliphatic carbocycles. The van der Waals surface area contributed by atoms with Gasteiger partial charge in [-0.2, -0.15) is 5.10 Å². The van der Waals surface area contributed by atoms with E-state index in [2.05, 4.69) is 10.5 Å². The summed E-state index contributed by atoms with van der Waals surface area (Å²) in [7, 11) is 1.62. The molecule has 0 aromatic heterocycles. The van der Waals surface area contributed by atoms with Gasteiger partial charge in [-0.15, -0.1) is 0 Å². The molecule has 0 fully saturated rings. The van der Waals surface area contributed by atoms with Crippen molar-refractivity contribution in [2.24, 2.45) is 10.8 Å². The Morgan fingerprint density at radius 1 is 1.33 bits per heavy atom. The van der Waals surface area contributed by atoms with Gasteiger partial charge in [0.25, 0.3) is 0 Å². The molecule has 0 bridgehead atoms. The first kappa shape index (κ1) is 11.9. The summed E-state index contributed by atoms with van der Waals surface area (Å²) in [4.78, 5) is 10.5. The molecule has 2 aromatic carbocycles. The number of hydrogen-bond acceptors (Lipinski definition) is 3. The van der Waals surface area contributed by atoms with Gasteiger partial charge in [-0.1, -0.05) is 30.3 Å². The van der Waals surface area contributed by atoms with Crippen LogP contribution in [0.1, 0.15) is 5.56 Å². The van der Waals surface area contributed by atoms with Crippen LogP contribution in [0.25, 0.3) is 10.8 Å². The topological polar surface area (TPSA) is 76.7 Å². The van der Waals surface area contributed by atoms with Crippen LogP contribution < -0.4 is 15.9 Å². The van der Waals surface area contributed by atoms with E-state index in [1.54, 1.807) is 7.11 Å². The van der Waals surface area contributed by atoms with E-state index in [1.807, 2.05) is 36.4 Å². The highest BCUT2D eigenvalue weighted by molar-refractivity contribution is 6.03. The summed E-state index contributed by atoms with van der Waals surface area (Å²) in [5.74, 6) is 0.758. The van der Waals surface area contributed by atoms with Crippen molar-refractivity contribution < 1.29 is 9.53 Å². The lowest BCUT2D eigenvalue weighted by molar-refractivity contribution is 0.249. The number of methoxy groups -OCH3 is 1. The van der Waals surface area contributed by atoms with Crippen LogP contribution >= 0.6 is 0 Å². The Morgan fingerprint density at radius 2 is 2.06 bits per heavy atom. The second kappa shape index (κ2) is 5.18. The molecule has 5 nitrogen and oxygen atoms in total. The van der Waals surface area contributed by atoms with Crippen LogP contribution in [0.4, 0.5) is 4.79 Å². The zero-order chi connectivity index (χ0) is 13.0. The molecule has 92 valence electrons. The van der Waals surface area contributed by atoms with Gasteiger partial charge in [0.2, 0.25) is 0 Å². The van der Waals surface area contributed by atoms with E-state index in [-0.39, 0.29) is 0 Å². The molecule has 5 heteroatoms. The second-order valence-electron chi connectivity index (χ2n) is 3.64. The molecule has 0 aliphatic heterocycles. The van der Waals surface area contributed by atoms with E-state index in [0.717, 1.165) is 22.1 Å². The number of hydrazone groups is 1. The van der Waals surface area contributed by atoms with Crippen molar-refractivity contribution in [3.8, 4) is 5.75 Å². The number of nitrogens with one attached hydrogen (secondary N) is 1. The fourth-order valence-corrected chi connectivity index (χ4v) is 1.78. The average Bonchev–Trinajstić information content (AvgIpc) is 2.37. The van der Waals surface area contributed by atoms with Crippen LogP contribution in [-0.4, -0.2) is 19.4 Å². The van der Waals surface area contributed by atoms with Crippen molar-refractivity contribution in [2.75, 3.05) is 7.11 Å². The van der Waals surface area contributed by atoms with Crippen molar-refractivity contribution in [1.29, 1.82) is 0 Å². The third-order valence-corrected chi connectivity index (χ3v) is 2.50. The molecule has 0 unspecified atom stereocenters. The summed E-state index contributed by atoms with van der Waals surface area (Å²) < 4.78 is 5.32. The predicted molar refractivity (Wildman–Crippen MR) is 70.8 cm³/mol. The number of benzene rings is 2. The number of amides is 2. The fourth-order valence-electron chi connectivity index (χ4n) is 1.78. The largest absolute Gasteiger partial charge is 0.496 e. The van der Waals surface area contributed by atoms with E-state index in [0.29, 0.717) is 0 Å². The maximum Gasteiger partial charge on any atom is 0.332 e. The number of urea groups is 1. The summed E-state index contributed by atoms with van der Waals surface area (Å²) in [5, 5.41) is 5.74. The Balaban J connectivity index is 2.50. The van der Waals surface area contributed by atoms with Crippen molar-refractivity contribution in [3.63, 3.8) is 0 Å². The molecule has 3 N–H and O–H groups in total. The lowest BCUT2D eigenvalue weighted by atomic mass is 10.0. The van der Waals surface area contributed by atoms with Crippen LogP contribution in [0.2, 0.25) is 0 Å². The maximum atomic E-state index is 10.5. The summed E-state index contributed by atoms with van der Waals surface area (Å²) in [6, 6.07) is 10.9. The molecule has 18 heavy (non-hydrogen) atoms. The molecular formula is C13H13N3O2. The molecule has 0 saturated carbocycles. The lowest BCUT2D eigenvalue weighted by Crippen LogP contribution is -2.24. The van der Waals surface area contributed by atoms with Crippen molar-refractivity contribution >= 4 is 23.0 Å². The zero-order valence-electron chi connectivity index (χ0n) is 9.88. The van der Waals surface area contributed by atoms with Gasteiger partial charge in [-0.3, -0.25) is 0 Å². The molecule has 0 saturated heterocycles. The van der Waals surface area contributed by atoms with E-state index in [1.165, 1.54) is 6.21 Å². The Bertz CT molecular complexity index is 603. The van der Waals surface area contributed by atoms with Gasteiger partial charge in [0, 0.05) is 10.9 Å². The standard InChI is InChI=1S/C13H13N3O2/c1-18-11-7-3-5-9-4-2-6-10(12(9)11)8-15-16-13(14)17/h2-8H,1H3,(H3,14,16,17). The van der Waals surface area contributed by atoms with E-state index in [9.17, 15) is 4.79 Å². The SMILES string of the molecule is COc1cccc2cccc(C=NNC(N)=O)c12. The highest BCUT2D eigenvalue weighted by Gasteiger charge is 2.04. The van der Waals surface area contributed by atoms with Crippen LogP contribution in [0.15, 0.2) is 41.5 Å². The van der Waals surface area contributed by atoms with Gasteiger partial charge >= 0.3 is 6.03 Å². The van der Waals surface area contributed by atoms with Gasteiger partial charge in [0.1, 0.15) is 5.75 Å². The summed E-state index contributed by atoms with van der Waals surface area (Å²) in [5.41, 5.74) is 7.95. The minimum atomic E-state index is -0.696. The number of carbonyl (C=O) groups is 1. The number of hydrogen-bond donors (Lipinski definition) is 2. The predicted octanol–water partition coefficient (Wildman–Crippen LogP) is 1.85. The Morgan fingerprint density at radius 3 is 2.72 bits per heavy atom. The number of nitrogens with zero attached hydrogens (tertiary/aromatic N) is 1. The van der Waals surface area contributed by atoms with Gasteiger partial charge in [-0.05, 0) is 11.5 Å². The van der Waals surface area contributed by atoms with Gasteiger partial charge in [-0.25, -0.2) is 10.2 Å². The van der Waals surface area contributed by atoms with Gasteiger partial charge in [0.15, 0.2) is 0 Å². The smallest absolute Gasteiger partial charge is 0.332 e. The van der Waals surface area contributed by atoms with Crippen molar-refractivity contribution in [3.05, 3.63) is 42.0 Å². The third-order valence-electron chi connectivity index (χ3n) is 2.50. The number of carbonyl (C=O) groups excluding carboxylic acids is 1. The third kappa shape index (κ3) is 2.40. The molecule has 2 rings (SSSR count). The number of rotatable bonds is 3. The first-order valence-electron chi connectivity index (χ1n) is 5.36. The minimum Gasteiger partial charge on any atom is -0.496 e. The first-order chi connectivity index (χ1) is 8.72. The summed E-state index contributed by atoms with van der Waals surface area (Å²) >= 11 is 0. The van der Waals surface area contributed by atoms with E-state index < -0.39 is 6.03 Å². The molecular weight excluding hydrogens is 230 g/mol. The molecule has 0 heterocycles. The second-order valence-corrected chi connectivity index (χ2v) is 3.64. The van der Waals surface area contributed by atoms with Crippen LogP contribution in [-0.2, 0) is 0 Å². The number of fused-ring (bicyclic) bond motifs is 1. The highest BCUT2D eigenvalue weighted by atomic mass is 16.5. The fraction of sp³-hybridized carbons (Fsp3) is 0.0769. The highest BCUT2D eigenvalue weighted by Crippen LogP contribution is 2.27. The van der Waals surface area contributed by atoms with E-state index >= 15 is 0 Å². The molecule has 2 amide bonds. The molecule has 0 atom stereocenters. The monoisotopic (exact) mass is 243 g/mol. The van der Waals surface area contributed by atoms with Gasteiger partial charge in [0.05, 0.1) is 13.3 Å². The minimum absolute atomic E-state index is 0.696. The zero-order valence-corrected chi connectivity index (χ0v) is 9.88.